The second kappa shape index (κ2) is 3.74. The average Bonchev–Trinajstić information content (AvgIpc) is 2.17. The summed E-state index contributed by atoms with van der Waals surface area (Å²) in [6.45, 7) is 0. The summed E-state index contributed by atoms with van der Waals surface area (Å²) in [6.07, 6.45) is 1.34. The summed E-state index contributed by atoms with van der Waals surface area (Å²) >= 11 is 0. The summed E-state index contributed by atoms with van der Waals surface area (Å²) in [5.74, 6) is 0. The molecule has 6 heteroatoms. The molecule has 1 rings (SSSR count). The first kappa shape index (κ1) is 10.6. The van der Waals surface area contributed by atoms with E-state index < -0.39 is 10.0 Å². The lowest BCUT2D eigenvalue weighted by Crippen LogP contribution is -2.24. The predicted molar refractivity (Wildman–Crippen MR) is 49.8 cm³/mol. The Morgan fingerprint density at radius 3 is 2.64 bits per heavy atom. The molecule has 0 fully saturated rings. The van der Waals surface area contributed by atoms with Gasteiger partial charge in [-0.25, -0.2) is 17.7 Å². The van der Waals surface area contributed by atoms with Gasteiger partial charge in [-0.1, -0.05) is 0 Å². The van der Waals surface area contributed by atoms with Gasteiger partial charge in [0, 0.05) is 20.3 Å². The van der Waals surface area contributed by atoms with Crippen molar-refractivity contribution < 1.29 is 8.42 Å². The molecular weight excluding hydrogens is 202 g/mol. The highest BCUT2D eigenvalue weighted by atomic mass is 32.2. The Morgan fingerprint density at radius 1 is 1.50 bits per heavy atom. The van der Waals surface area contributed by atoms with E-state index in [1.807, 2.05) is 0 Å². The Kier molecular flexibility index (Phi) is 2.84. The van der Waals surface area contributed by atoms with Crippen molar-refractivity contribution in [2.24, 2.45) is 0 Å². The minimum absolute atomic E-state index is 0.0567. The highest BCUT2D eigenvalue weighted by Gasteiger charge is 2.22. The van der Waals surface area contributed by atoms with Crippen LogP contribution in [0.2, 0.25) is 0 Å². The zero-order valence-electron chi connectivity index (χ0n) is 7.80. The van der Waals surface area contributed by atoms with E-state index in [9.17, 15) is 8.42 Å². The van der Waals surface area contributed by atoms with Crippen LogP contribution < -0.4 is 0 Å². The van der Waals surface area contributed by atoms with Gasteiger partial charge in [-0.3, -0.25) is 0 Å². The Morgan fingerprint density at radius 2 is 2.14 bits per heavy atom. The second-order valence-electron chi connectivity index (χ2n) is 2.76. The third-order valence-corrected chi connectivity index (χ3v) is 3.39. The molecule has 0 amide bonds. The number of hydrogen-bond acceptors (Lipinski definition) is 4. The minimum Gasteiger partial charge on any atom is -0.242 e. The van der Waals surface area contributed by atoms with E-state index >= 15 is 0 Å². The van der Waals surface area contributed by atoms with Gasteiger partial charge in [0.1, 0.15) is 6.07 Å². The minimum atomic E-state index is -3.62. The quantitative estimate of drug-likeness (QED) is 0.700. The van der Waals surface area contributed by atoms with Gasteiger partial charge in [-0.2, -0.15) is 5.26 Å². The number of sulfonamides is 1. The van der Waals surface area contributed by atoms with E-state index in [1.165, 1.54) is 32.4 Å². The van der Waals surface area contributed by atoms with E-state index in [1.54, 1.807) is 6.07 Å². The van der Waals surface area contributed by atoms with E-state index in [0.29, 0.717) is 0 Å². The van der Waals surface area contributed by atoms with Crippen LogP contribution in [0.1, 0.15) is 5.56 Å². The van der Waals surface area contributed by atoms with Crippen molar-refractivity contribution in [3.63, 3.8) is 0 Å². The Bertz CT molecular complexity index is 474. The summed E-state index contributed by atoms with van der Waals surface area (Å²) in [5.41, 5.74) is 0.0567. The van der Waals surface area contributed by atoms with Crippen LogP contribution in [-0.4, -0.2) is 31.8 Å². The van der Waals surface area contributed by atoms with Crippen LogP contribution in [-0.2, 0) is 10.0 Å². The van der Waals surface area contributed by atoms with Crippen LogP contribution >= 0.6 is 0 Å². The maximum atomic E-state index is 11.6. The van der Waals surface area contributed by atoms with Gasteiger partial charge in [0.25, 0.3) is 10.0 Å². The molecule has 74 valence electrons. The van der Waals surface area contributed by atoms with E-state index in [0.717, 1.165) is 4.31 Å². The van der Waals surface area contributed by atoms with Crippen LogP contribution in [0.5, 0.6) is 0 Å². The molecule has 0 saturated carbocycles. The molecule has 1 heterocycles. The summed E-state index contributed by atoms with van der Waals surface area (Å²) < 4.78 is 24.3. The van der Waals surface area contributed by atoms with Gasteiger partial charge in [0.15, 0.2) is 5.03 Å². The molecule has 0 aliphatic carbocycles. The fraction of sp³-hybridized carbons (Fsp3) is 0.250. The van der Waals surface area contributed by atoms with Crippen molar-refractivity contribution in [2.45, 2.75) is 5.03 Å². The second-order valence-corrected chi connectivity index (χ2v) is 4.82. The van der Waals surface area contributed by atoms with Gasteiger partial charge >= 0.3 is 0 Å². The summed E-state index contributed by atoms with van der Waals surface area (Å²) in [7, 11) is -0.832. The molecule has 0 N–H and O–H groups in total. The van der Waals surface area contributed by atoms with Crippen molar-refractivity contribution in [3.8, 4) is 6.07 Å². The van der Waals surface area contributed by atoms with Crippen LogP contribution in [0.15, 0.2) is 23.4 Å². The number of nitrogens with zero attached hydrogens (tertiary/aromatic N) is 3. The van der Waals surface area contributed by atoms with Gasteiger partial charge in [-0.15, -0.1) is 0 Å². The molecule has 1 aromatic rings. The van der Waals surface area contributed by atoms with Gasteiger partial charge in [0.05, 0.1) is 5.56 Å². The lowest BCUT2D eigenvalue weighted by Gasteiger charge is -2.10. The van der Waals surface area contributed by atoms with Crippen molar-refractivity contribution in [3.05, 3.63) is 23.9 Å². The first-order valence-corrected chi connectivity index (χ1v) is 5.22. The summed E-state index contributed by atoms with van der Waals surface area (Å²) in [4.78, 5) is 3.69. The summed E-state index contributed by atoms with van der Waals surface area (Å²) in [6, 6.07) is 4.73. The molecule has 0 saturated heterocycles. The van der Waals surface area contributed by atoms with Crippen LogP contribution in [0.3, 0.4) is 0 Å². The fourth-order valence-corrected chi connectivity index (χ4v) is 1.79. The Hall–Kier alpha value is -1.45. The SMILES string of the molecule is CN(C)S(=O)(=O)c1ncccc1C#N. The molecular formula is C8H9N3O2S. The molecule has 0 aromatic carbocycles. The lowest BCUT2D eigenvalue weighted by molar-refractivity contribution is 0.516. The molecule has 0 unspecified atom stereocenters. The van der Waals surface area contributed by atoms with Crippen LogP contribution in [0, 0.1) is 11.3 Å². The van der Waals surface area contributed by atoms with Crippen molar-refractivity contribution >= 4 is 10.0 Å². The maximum Gasteiger partial charge on any atom is 0.261 e. The number of hydrogen-bond donors (Lipinski definition) is 0. The zero-order valence-corrected chi connectivity index (χ0v) is 8.61. The first-order valence-electron chi connectivity index (χ1n) is 3.78. The van der Waals surface area contributed by atoms with Crippen molar-refractivity contribution in [1.82, 2.24) is 9.29 Å². The fourth-order valence-electron chi connectivity index (χ4n) is 0.854. The number of nitriles is 1. The molecule has 0 aliphatic rings. The highest BCUT2D eigenvalue weighted by Crippen LogP contribution is 2.13. The molecule has 0 aliphatic heterocycles. The molecule has 0 bridgehead atoms. The Balaban J connectivity index is 3.42. The van der Waals surface area contributed by atoms with E-state index in [-0.39, 0.29) is 10.6 Å². The molecule has 14 heavy (non-hydrogen) atoms. The summed E-state index contributed by atoms with van der Waals surface area (Å²) in [5, 5.41) is 8.49. The molecule has 0 radical (unpaired) electrons. The topological polar surface area (TPSA) is 74.1 Å². The van der Waals surface area contributed by atoms with Crippen LogP contribution in [0.25, 0.3) is 0 Å². The third kappa shape index (κ3) is 1.73. The normalized spacial score (nSPS) is 11.3. The third-order valence-electron chi connectivity index (χ3n) is 1.62. The Labute approximate surface area is 82.7 Å². The van der Waals surface area contributed by atoms with Crippen LogP contribution in [0.4, 0.5) is 0 Å². The van der Waals surface area contributed by atoms with E-state index in [4.69, 9.17) is 5.26 Å². The molecule has 0 spiro atoms. The van der Waals surface area contributed by atoms with Crippen molar-refractivity contribution in [2.75, 3.05) is 14.1 Å². The highest BCUT2D eigenvalue weighted by molar-refractivity contribution is 7.89. The number of pyridine rings is 1. The lowest BCUT2D eigenvalue weighted by atomic mass is 10.3. The molecule has 0 atom stereocenters. The van der Waals surface area contributed by atoms with Gasteiger partial charge in [-0.05, 0) is 12.1 Å². The standard InChI is InChI=1S/C8H9N3O2S/c1-11(2)14(12,13)8-7(6-9)4-3-5-10-8/h3-5H,1-2H3. The van der Waals surface area contributed by atoms with Gasteiger partial charge < -0.3 is 0 Å². The largest absolute Gasteiger partial charge is 0.261 e. The average molecular weight is 211 g/mol. The monoisotopic (exact) mass is 211 g/mol. The molecule has 5 nitrogen and oxygen atoms in total. The smallest absolute Gasteiger partial charge is 0.242 e. The number of rotatable bonds is 2. The number of aromatic nitrogens is 1. The van der Waals surface area contributed by atoms with Gasteiger partial charge in [0.2, 0.25) is 0 Å². The zero-order chi connectivity index (χ0) is 10.8. The van der Waals surface area contributed by atoms with Crippen molar-refractivity contribution in [1.29, 1.82) is 5.26 Å². The molecule has 1 aromatic heterocycles. The first-order chi connectivity index (χ1) is 6.50. The van der Waals surface area contributed by atoms with E-state index in [2.05, 4.69) is 4.98 Å². The predicted octanol–water partition coefficient (Wildman–Crippen LogP) is 0.204. The maximum absolute atomic E-state index is 11.6.